The van der Waals surface area contributed by atoms with Crippen molar-refractivity contribution in [3.63, 3.8) is 0 Å². The summed E-state index contributed by atoms with van der Waals surface area (Å²) in [6.07, 6.45) is 1.63. The molecule has 2 N–H and O–H groups in total. The second kappa shape index (κ2) is 9.78. The Balaban J connectivity index is 0.000000821. The van der Waals surface area contributed by atoms with Gasteiger partial charge in [0.15, 0.2) is 11.6 Å². The molecule has 3 aromatic heterocycles. The molecule has 10 heteroatoms. The number of H-pyrrole nitrogens is 1. The maximum atomic E-state index is 13.6. The Kier molecular flexibility index (Phi) is 6.64. The Morgan fingerprint density at radius 1 is 1.21 bits per heavy atom. The summed E-state index contributed by atoms with van der Waals surface area (Å²) in [5.41, 5.74) is 2.35. The fraction of sp³-hybridized carbons (Fsp3) is 0.261. The van der Waals surface area contributed by atoms with E-state index in [0.29, 0.717) is 24.5 Å². The molecule has 5 rings (SSSR count). The van der Waals surface area contributed by atoms with E-state index in [2.05, 4.69) is 24.0 Å². The zero-order valence-corrected chi connectivity index (χ0v) is 19.1. The average Bonchev–Trinajstić information content (AvgIpc) is 3.58. The van der Waals surface area contributed by atoms with Crippen molar-refractivity contribution in [3.05, 3.63) is 65.4 Å². The number of rotatable bonds is 4. The molecule has 0 saturated heterocycles. The smallest absolute Gasteiger partial charge is 0.290 e. The second-order valence-electron chi connectivity index (χ2n) is 7.81. The number of aromatic nitrogens is 5. The van der Waals surface area contributed by atoms with Crippen LogP contribution in [0.5, 0.6) is 0 Å². The molecule has 0 spiro atoms. The molecule has 1 aliphatic rings. The lowest BCUT2D eigenvalue weighted by Gasteiger charge is -2.37. The molecule has 0 saturated carbocycles. The molecule has 1 aliphatic heterocycles. The van der Waals surface area contributed by atoms with Crippen LogP contribution in [-0.2, 0) is 11.3 Å². The van der Waals surface area contributed by atoms with E-state index in [1.807, 2.05) is 57.4 Å². The van der Waals surface area contributed by atoms with Crippen molar-refractivity contribution in [3.8, 4) is 22.0 Å². The van der Waals surface area contributed by atoms with E-state index >= 15 is 0 Å². The minimum atomic E-state index is -0.250. The van der Waals surface area contributed by atoms with E-state index in [-0.39, 0.29) is 24.3 Å². The molecule has 170 valence electrons. The van der Waals surface area contributed by atoms with Crippen LogP contribution in [0.3, 0.4) is 0 Å². The molecule has 0 aliphatic carbocycles. The molecule has 0 fully saturated rings. The number of carbonyl (C=O) groups excluding carboxylic acids is 1. The van der Waals surface area contributed by atoms with Crippen LogP contribution in [0.1, 0.15) is 36.1 Å². The van der Waals surface area contributed by atoms with E-state index < -0.39 is 0 Å². The predicted molar refractivity (Wildman–Crippen MR) is 125 cm³/mol. The standard InChI is InChI=1S/C22H22N6OS.CH2O2/c1-14(2)19-21-24-20(15-7-4-3-5-8-15)26-28(21)11-10-27(19)22(29)16-13-23-25-18(16)17-9-6-12-30-17;2-1-3/h3-9,12-14,19H,10-11H2,1-2H3,(H,23,25);1H,(H,2,3)/t19-;/m0./s1. The predicted octanol–water partition coefficient (Wildman–Crippen LogP) is 3.95. The van der Waals surface area contributed by atoms with Crippen molar-refractivity contribution in [1.29, 1.82) is 0 Å². The van der Waals surface area contributed by atoms with Gasteiger partial charge in [-0.05, 0) is 17.4 Å². The van der Waals surface area contributed by atoms with Crippen molar-refractivity contribution < 1.29 is 14.7 Å². The topological polar surface area (TPSA) is 117 Å². The van der Waals surface area contributed by atoms with Crippen LogP contribution in [0, 0.1) is 5.92 Å². The van der Waals surface area contributed by atoms with Crippen LogP contribution < -0.4 is 0 Å². The van der Waals surface area contributed by atoms with Crippen molar-refractivity contribution in [2.24, 2.45) is 5.92 Å². The van der Waals surface area contributed by atoms with Crippen molar-refractivity contribution in [1.82, 2.24) is 29.9 Å². The van der Waals surface area contributed by atoms with Crippen molar-refractivity contribution in [2.45, 2.75) is 26.4 Å². The first-order chi connectivity index (χ1) is 16.0. The summed E-state index contributed by atoms with van der Waals surface area (Å²) in [6, 6.07) is 13.8. The van der Waals surface area contributed by atoms with Gasteiger partial charge in [0, 0.05) is 12.1 Å². The monoisotopic (exact) mass is 464 g/mol. The van der Waals surface area contributed by atoms with Crippen LogP contribution in [0.25, 0.3) is 22.0 Å². The summed E-state index contributed by atoms with van der Waals surface area (Å²) in [7, 11) is 0. The molecule has 9 nitrogen and oxygen atoms in total. The van der Waals surface area contributed by atoms with Crippen LogP contribution >= 0.6 is 11.3 Å². The SMILES string of the molecule is CC(C)[C@H]1c2nc(-c3ccccc3)nn2CCN1C(=O)c1cn[nH]c1-c1cccs1.O=CO. The first kappa shape index (κ1) is 22.4. The molecule has 0 bridgehead atoms. The van der Waals surface area contributed by atoms with Gasteiger partial charge in [-0.2, -0.15) is 10.2 Å². The van der Waals surface area contributed by atoms with Gasteiger partial charge in [-0.25, -0.2) is 9.67 Å². The lowest BCUT2D eigenvalue weighted by atomic mass is 9.98. The maximum Gasteiger partial charge on any atom is 0.290 e. The quantitative estimate of drug-likeness (QED) is 0.442. The third-order valence-corrected chi connectivity index (χ3v) is 6.30. The Labute approximate surface area is 194 Å². The molecule has 4 heterocycles. The van der Waals surface area contributed by atoms with Crippen molar-refractivity contribution in [2.75, 3.05) is 6.54 Å². The summed E-state index contributed by atoms with van der Waals surface area (Å²) in [6.45, 7) is 5.19. The minimum Gasteiger partial charge on any atom is -0.483 e. The Bertz CT molecular complexity index is 1220. The zero-order chi connectivity index (χ0) is 23.4. The summed E-state index contributed by atoms with van der Waals surface area (Å²) in [5.74, 6) is 1.71. The van der Waals surface area contributed by atoms with Gasteiger partial charge in [0.2, 0.25) is 0 Å². The number of carboxylic acid groups (broad SMARTS) is 1. The average molecular weight is 465 g/mol. The van der Waals surface area contributed by atoms with Crippen LogP contribution in [-0.4, -0.2) is 53.9 Å². The third-order valence-electron chi connectivity index (χ3n) is 5.42. The summed E-state index contributed by atoms with van der Waals surface area (Å²) >= 11 is 1.59. The number of aromatic amines is 1. The highest BCUT2D eigenvalue weighted by molar-refractivity contribution is 7.13. The highest BCUT2D eigenvalue weighted by Crippen LogP contribution is 2.35. The van der Waals surface area contributed by atoms with Gasteiger partial charge in [0.1, 0.15) is 0 Å². The lowest BCUT2D eigenvalue weighted by Crippen LogP contribution is -2.44. The van der Waals surface area contributed by atoms with Gasteiger partial charge in [-0.15, -0.1) is 11.3 Å². The Morgan fingerprint density at radius 3 is 2.64 bits per heavy atom. The molecule has 1 amide bonds. The second-order valence-corrected chi connectivity index (χ2v) is 8.76. The summed E-state index contributed by atoms with van der Waals surface area (Å²) in [4.78, 5) is 29.7. The molecule has 33 heavy (non-hydrogen) atoms. The van der Waals surface area contributed by atoms with Crippen LogP contribution in [0.2, 0.25) is 0 Å². The minimum absolute atomic E-state index is 0.0265. The van der Waals surface area contributed by atoms with Gasteiger partial charge in [-0.3, -0.25) is 14.7 Å². The maximum absolute atomic E-state index is 13.6. The first-order valence-electron chi connectivity index (χ1n) is 10.5. The molecule has 0 radical (unpaired) electrons. The molecule has 0 unspecified atom stereocenters. The number of thiophene rings is 1. The summed E-state index contributed by atoms with van der Waals surface area (Å²) < 4.78 is 1.95. The number of carbonyl (C=O) groups is 2. The fourth-order valence-corrected chi connectivity index (χ4v) is 4.76. The van der Waals surface area contributed by atoms with Gasteiger partial charge in [-0.1, -0.05) is 50.2 Å². The van der Waals surface area contributed by atoms with E-state index in [1.54, 1.807) is 17.5 Å². The Hall–Kier alpha value is -3.79. The van der Waals surface area contributed by atoms with Gasteiger partial charge in [0.25, 0.3) is 12.4 Å². The number of hydrogen-bond donors (Lipinski definition) is 2. The number of nitrogens with zero attached hydrogens (tertiary/aromatic N) is 5. The third kappa shape index (κ3) is 4.42. The van der Waals surface area contributed by atoms with Gasteiger partial charge >= 0.3 is 0 Å². The number of benzene rings is 1. The highest BCUT2D eigenvalue weighted by atomic mass is 32.1. The largest absolute Gasteiger partial charge is 0.483 e. The Morgan fingerprint density at radius 2 is 1.97 bits per heavy atom. The number of hydrogen-bond acceptors (Lipinski definition) is 6. The normalized spacial score (nSPS) is 15.0. The van der Waals surface area contributed by atoms with E-state index in [1.165, 1.54) is 0 Å². The summed E-state index contributed by atoms with van der Waals surface area (Å²) in [5, 5.41) is 20.8. The van der Waals surface area contributed by atoms with Gasteiger partial charge in [0.05, 0.1) is 34.9 Å². The lowest BCUT2D eigenvalue weighted by molar-refractivity contribution is -0.122. The van der Waals surface area contributed by atoms with Crippen LogP contribution in [0.15, 0.2) is 54.0 Å². The number of nitrogens with one attached hydrogen (secondary N) is 1. The number of amides is 1. The molecule has 1 atom stereocenters. The number of fused-ring (bicyclic) bond motifs is 1. The fourth-order valence-electron chi connectivity index (χ4n) is 4.03. The molecular weight excluding hydrogens is 440 g/mol. The van der Waals surface area contributed by atoms with Crippen LogP contribution in [0.4, 0.5) is 0 Å². The molecule has 1 aromatic carbocycles. The molecular formula is C23H24N6O3S. The first-order valence-corrected chi connectivity index (χ1v) is 11.4. The van der Waals surface area contributed by atoms with Gasteiger partial charge < -0.3 is 10.0 Å². The van der Waals surface area contributed by atoms with E-state index in [9.17, 15) is 4.79 Å². The van der Waals surface area contributed by atoms with E-state index in [4.69, 9.17) is 20.0 Å². The molecule has 4 aromatic rings. The van der Waals surface area contributed by atoms with E-state index in [0.717, 1.165) is 22.0 Å². The van der Waals surface area contributed by atoms with Crippen molar-refractivity contribution >= 4 is 23.7 Å². The zero-order valence-electron chi connectivity index (χ0n) is 18.3. The highest BCUT2D eigenvalue weighted by Gasteiger charge is 2.37.